The van der Waals surface area contributed by atoms with Gasteiger partial charge in [0.1, 0.15) is 18.0 Å². The van der Waals surface area contributed by atoms with Crippen molar-refractivity contribution in [2.24, 2.45) is 0 Å². The van der Waals surface area contributed by atoms with Crippen LogP contribution in [0.25, 0.3) is 0 Å². The molecule has 3 aromatic rings. The predicted octanol–water partition coefficient (Wildman–Crippen LogP) is 3.69. The number of fused-ring (bicyclic) bond motifs is 1. The van der Waals surface area contributed by atoms with Gasteiger partial charge < -0.3 is 20.1 Å². The highest BCUT2D eigenvalue weighted by Gasteiger charge is 2.28. The van der Waals surface area contributed by atoms with Gasteiger partial charge in [0.15, 0.2) is 13.2 Å². The van der Waals surface area contributed by atoms with Crippen LogP contribution in [0.5, 0.6) is 11.5 Å². The van der Waals surface area contributed by atoms with E-state index in [0.717, 1.165) is 11.1 Å². The van der Waals surface area contributed by atoms with Crippen molar-refractivity contribution in [3.8, 4) is 11.5 Å². The first-order valence-corrected chi connectivity index (χ1v) is 10.8. The maximum Gasteiger partial charge on any atom is 0.265 e. The van der Waals surface area contributed by atoms with E-state index in [-0.39, 0.29) is 37.5 Å². The van der Waals surface area contributed by atoms with E-state index in [4.69, 9.17) is 9.47 Å². The topological polar surface area (TPSA) is 97.0 Å². The van der Waals surface area contributed by atoms with Gasteiger partial charge in [0.05, 0.1) is 5.69 Å². The fourth-order valence-corrected chi connectivity index (χ4v) is 3.54. The van der Waals surface area contributed by atoms with Gasteiger partial charge in [-0.2, -0.15) is 0 Å². The first kappa shape index (κ1) is 22.8. The van der Waals surface area contributed by atoms with Crippen LogP contribution >= 0.6 is 0 Å². The predicted molar refractivity (Wildman–Crippen MR) is 129 cm³/mol. The van der Waals surface area contributed by atoms with Crippen molar-refractivity contribution in [2.75, 3.05) is 35.3 Å². The Morgan fingerprint density at radius 3 is 2.50 bits per heavy atom. The number of carbonyl (C=O) groups is 3. The average Bonchev–Trinajstić information content (AvgIpc) is 2.82. The van der Waals surface area contributed by atoms with Crippen LogP contribution in [0.2, 0.25) is 0 Å². The lowest BCUT2D eigenvalue weighted by atomic mass is 10.1. The molecular formula is C26H25N3O5. The molecule has 0 fully saturated rings. The minimum absolute atomic E-state index is 0.166. The summed E-state index contributed by atoms with van der Waals surface area (Å²) >= 11 is 0. The summed E-state index contributed by atoms with van der Waals surface area (Å²) in [4.78, 5) is 38.9. The number of nitrogens with zero attached hydrogens (tertiary/aromatic N) is 1. The van der Waals surface area contributed by atoms with Crippen LogP contribution in [0.1, 0.15) is 11.1 Å². The third-order valence-corrected chi connectivity index (χ3v) is 5.46. The molecule has 8 nitrogen and oxygen atoms in total. The quantitative estimate of drug-likeness (QED) is 0.562. The maximum absolute atomic E-state index is 12.5. The molecule has 0 atom stereocenters. The van der Waals surface area contributed by atoms with Crippen LogP contribution in [-0.2, 0) is 14.4 Å². The second kappa shape index (κ2) is 10.1. The number of benzene rings is 3. The number of aryl methyl sites for hydroxylation is 1. The number of anilines is 3. The van der Waals surface area contributed by atoms with E-state index in [1.807, 2.05) is 50.2 Å². The minimum atomic E-state index is -0.350. The molecule has 3 amide bonds. The maximum atomic E-state index is 12.5. The lowest BCUT2D eigenvalue weighted by Crippen LogP contribution is -2.43. The Balaban J connectivity index is 1.43. The van der Waals surface area contributed by atoms with E-state index in [1.165, 1.54) is 4.90 Å². The van der Waals surface area contributed by atoms with E-state index in [0.29, 0.717) is 28.6 Å². The number of hydrogen-bond acceptors (Lipinski definition) is 5. The molecule has 0 spiro atoms. The fourth-order valence-electron chi connectivity index (χ4n) is 3.54. The number of ether oxygens (including phenoxy) is 2. The number of carbonyl (C=O) groups excluding carboxylic acids is 3. The number of para-hydroxylation sites is 1. The van der Waals surface area contributed by atoms with Gasteiger partial charge in [0.25, 0.3) is 11.8 Å². The zero-order valence-electron chi connectivity index (χ0n) is 19.0. The van der Waals surface area contributed by atoms with Crippen LogP contribution in [0, 0.1) is 13.8 Å². The molecule has 1 aliphatic heterocycles. The van der Waals surface area contributed by atoms with Crippen molar-refractivity contribution < 1.29 is 23.9 Å². The van der Waals surface area contributed by atoms with Gasteiger partial charge >= 0.3 is 0 Å². The van der Waals surface area contributed by atoms with Crippen LogP contribution in [0.3, 0.4) is 0 Å². The molecule has 1 heterocycles. The zero-order valence-corrected chi connectivity index (χ0v) is 19.0. The van der Waals surface area contributed by atoms with Gasteiger partial charge in [-0.25, -0.2) is 0 Å². The summed E-state index contributed by atoms with van der Waals surface area (Å²) in [5.41, 5.74) is 3.56. The highest BCUT2D eigenvalue weighted by molar-refractivity contribution is 6.05. The Morgan fingerprint density at radius 2 is 1.71 bits per heavy atom. The van der Waals surface area contributed by atoms with Gasteiger partial charge in [0, 0.05) is 11.4 Å². The van der Waals surface area contributed by atoms with Crippen LogP contribution in [0.15, 0.2) is 66.7 Å². The van der Waals surface area contributed by atoms with Gasteiger partial charge in [-0.15, -0.1) is 0 Å². The largest absolute Gasteiger partial charge is 0.483 e. The van der Waals surface area contributed by atoms with Gasteiger partial charge in [-0.1, -0.05) is 30.3 Å². The molecular weight excluding hydrogens is 434 g/mol. The van der Waals surface area contributed by atoms with Crippen LogP contribution < -0.4 is 25.0 Å². The molecule has 1 aliphatic rings. The Labute approximate surface area is 197 Å². The number of rotatable bonds is 7. The lowest BCUT2D eigenvalue weighted by molar-refractivity contribution is -0.123. The molecule has 0 radical (unpaired) electrons. The lowest BCUT2D eigenvalue weighted by Gasteiger charge is -2.29. The van der Waals surface area contributed by atoms with Crippen molar-refractivity contribution in [1.82, 2.24) is 0 Å². The Bertz CT molecular complexity index is 1230. The summed E-state index contributed by atoms with van der Waals surface area (Å²) in [6.07, 6.45) is 0. The van der Waals surface area contributed by atoms with Crippen molar-refractivity contribution in [3.63, 3.8) is 0 Å². The van der Waals surface area contributed by atoms with E-state index < -0.39 is 0 Å². The summed E-state index contributed by atoms with van der Waals surface area (Å²) in [5, 5.41) is 5.54. The molecule has 0 unspecified atom stereocenters. The van der Waals surface area contributed by atoms with Crippen molar-refractivity contribution in [3.05, 3.63) is 77.9 Å². The third kappa shape index (κ3) is 5.35. The van der Waals surface area contributed by atoms with Crippen LogP contribution in [0.4, 0.5) is 17.1 Å². The van der Waals surface area contributed by atoms with Crippen molar-refractivity contribution in [2.45, 2.75) is 13.8 Å². The van der Waals surface area contributed by atoms with E-state index in [9.17, 15) is 14.4 Å². The molecule has 0 aliphatic carbocycles. The van der Waals surface area contributed by atoms with E-state index in [1.54, 1.807) is 30.3 Å². The zero-order chi connectivity index (χ0) is 24.1. The van der Waals surface area contributed by atoms with Crippen molar-refractivity contribution in [1.29, 1.82) is 0 Å². The smallest absolute Gasteiger partial charge is 0.265 e. The Morgan fingerprint density at radius 1 is 0.941 bits per heavy atom. The highest BCUT2D eigenvalue weighted by Crippen LogP contribution is 2.34. The Kier molecular flexibility index (Phi) is 6.77. The molecule has 3 aromatic carbocycles. The standard InChI is InChI=1S/C26H25N3O5/c1-17-7-6-10-22(18(17)2)33-15-25(31)28-20-11-12-23-21(13-20)29(26(32)16-34-23)14-24(30)27-19-8-4-3-5-9-19/h3-13H,14-16H2,1-2H3,(H,27,30)(H,28,31). The van der Waals surface area contributed by atoms with E-state index >= 15 is 0 Å². The second-order valence-corrected chi connectivity index (χ2v) is 7.90. The Hall–Kier alpha value is -4.33. The normalized spacial score (nSPS) is 12.4. The van der Waals surface area contributed by atoms with Crippen LogP contribution in [-0.4, -0.2) is 37.5 Å². The van der Waals surface area contributed by atoms with Gasteiger partial charge in [-0.3, -0.25) is 19.3 Å². The molecule has 4 rings (SSSR count). The molecule has 34 heavy (non-hydrogen) atoms. The van der Waals surface area contributed by atoms with E-state index in [2.05, 4.69) is 10.6 Å². The first-order chi connectivity index (χ1) is 16.4. The monoisotopic (exact) mass is 459 g/mol. The molecule has 174 valence electrons. The summed E-state index contributed by atoms with van der Waals surface area (Å²) < 4.78 is 11.2. The first-order valence-electron chi connectivity index (χ1n) is 10.8. The third-order valence-electron chi connectivity index (χ3n) is 5.46. The molecule has 0 bridgehead atoms. The SMILES string of the molecule is Cc1cccc(OCC(=O)Nc2ccc3c(c2)N(CC(=O)Nc2ccccc2)C(=O)CO3)c1C. The summed E-state index contributed by atoms with van der Waals surface area (Å²) in [7, 11) is 0. The summed E-state index contributed by atoms with van der Waals surface area (Å²) in [6.45, 7) is 3.40. The molecule has 2 N–H and O–H groups in total. The highest BCUT2D eigenvalue weighted by atomic mass is 16.5. The minimum Gasteiger partial charge on any atom is -0.483 e. The number of hydrogen-bond donors (Lipinski definition) is 2. The summed E-state index contributed by atoms with van der Waals surface area (Å²) in [6, 6.07) is 19.6. The second-order valence-electron chi connectivity index (χ2n) is 7.90. The molecule has 0 saturated heterocycles. The van der Waals surface area contributed by atoms with Crippen molar-refractivity contribution >= 4 is 34.8 Å². The molecule has 0 saturated carbocycles. The number of amides is 3. The molecule has 0 aromatic heterocycles. The summed E-state index contributed by atoms with van der Waals surface area (Å²) in [5.74, 6) is 0.0606. The average molecular weight is 460 g/mol. The molecule has 8 heteroatoms. The number of nitrogens with one attached hydrogen (secondary N) is 2. The van der Waals surface area contributed by atoms with Gasteiger partial charge in [0.2, 0.25) is 5.91 Å². The van der Waals surface area contributed by atoms with Gasteiger partial charge in [-0.05, 0) is 61.4 Å². The fraction of sp³-hybridized carbons (Fsp3) is 0.192.